The molecule has 0 aromatic rings. The second kappa shape index (κ2) is 10.8. The fraction of sp³-hybridized carbons (Fsp3) is 0.714. The van der Waals surface area contributed by atoms with Crippen molar-refractivity contribution in [3.8, 4) is 0 Å². The third-order valence-electron chi connectivity index (χ3n) is 2.68. The van der Waals surface area contributed by atoms with E-state index in [9.17, 15) is 9.59 Å². The molecule has 1 atom stereocenters. The molecule has 0 unspecified atom stereocenters. The van der Waals surface area contributed by atoms with E-state index >= 15 is 0 Å². The standard InChI is InChI=1S/C14H24O4/c1-4-13(18-12(2)15)10-8-6-5-7-9-11-14(16)17-3/h4,13H,1,5-11H2,2-3H3/t13-/m0/s1. The molecule has 18 heavy (non-hydrogen) atoms. The van der Waals surface area contributed by atoms with E-state index in [0.717, 1.165) is 38.5 Å². The van der Waals surface area contributed by atoms with Crippen LogP contribution in [0.4, 0.5) is 0 Å². The maximum atomic E-state index is 10.8. The average Bonchev–Trinajstić information content (AvgIpc) is 2.35. The van der Waals surface area contributed by atoms with Gasteiger partial charge in [0, 0.05) is 13.3 Å². The van der Waals surface area contributed by atoms with Gasteiger partial charge in [0.15, 0.2) is 0 Å². The highest BCUT2D eigenvalue weighted by atomic mass is 16.5. The van der Waals surface area contributed by atoms with Crippen LogP contribution in [0.15, 0.2) is 12.7 Å². The lowest BCUT2D eigenvalue weighted by Gasteiger charge is -2.12. The molecule has 104 valence electrons. The number of ether oxygens (including phenoxy) is 2. The first-order chi connectivity index (χ1) is 8.60. The molecule has 0 aliphatic carbocycles. The van der Waals surface area contributed by atoms with E-state index in [2.05, 4.69) is 11.3 Å². The van der Waals surface area contributed by atoms with Gasteiger partial charge in [-0.15, -0.1) is 0 Å². The van der Waals surface area contributed by atoms with Crippen LogP contribution in [0.25, 0.3) is 0 Å². The van der Waals surface area contributed by atoms with Gasteiger partial charge in [-0.2, -0.15) is 0 Å². The summed E-state index contributed by atoms with van der Waals surface area (Å²) < 4.78 is 9.62. The lowest BCUT2D eigenvalue weighted by molar-refractivity contribution is -0.144. The van der Waals surface area contributed by atoms with Gasteiger partial charge in [-0.25, -0.2) is 0 Å². The molecule has 0 amide bonds. The molecule has 4 heteroatoms. The highest BCUT2D eigenvalue weighted by Gasteiger charge is 2.06. The number of carbonyl (C=O) groups is 2. The highest BCUT2D eigenvalue weighted by Crippen LogP contribution is 2.11. The van der Waals surface area contributed by atoms with Crippen LogP contribution in [0.5, 0.6) is 0 Å². The Bertz CT molecular complexity index is 261. The summed E-state index contributed by atoms with van der Waals surface area (Å²) in [5.74, 6) is -0.408. The number of hydrogen-bond donors (Lipinski definition) is 0. The van der Waals surface area contributed by atoms with Crippen molar-refractivity contribution in [1.29, 1.82) is 0 Å². The molecular weight excluding hydrogens is 232 g/mol. The third-order valence-corrected chi connectivity index (χ3v) is 2.68. The maximum Gasteiger partial charge on any atom is 0.305 e. The van der Waals surface area contributed by atoms with Crippen LogP contribution in [-0.4, -0.2) is 25.2 Å². The van der Waals surface area contributed by atoms with Gasteiger partial charge in [0.05, 0.1) is 7.11 Å². The van der Waals surface area contributed by atoms with Crippen molar-refractivity contribution < 1.29 is 19.1 Å². The molecule has 0 heterocycles. The summed E-state index contributed by atoms with van der Waals surface area (Å²) in [5, 5.41) is 0. The first-order valence-corrected chi connectivity index (χ1v) is 6.46. The molecule has 0 aromatic heterocycles. The van der Waals surface area contributed by atoms with Crippen molar-refractivity contribution in [1.82, 2.24) is 0 Å². The monoisotopic (exact) mass is 256 g/mol. The van der Waals surface area contributed by atoms with Gasteiger partial charge in [0.2, 0.25) is 0 Å². The third kappa shape index (κ3) is 9.87. The average molecular weight is 256 g/mol. The molecule has 0 fully saturated rings. The lowest BCUT2D eigenvalue weighted by Crippen LogP contribution is -2.13. The first-order valence-electron chi connectivity index (χ1n) is 6.46. The van der Waals surface area contributed by atoms with Gasteiger partial charge >= 0.3 is 11.9 Å². The van der Waals surface area contributed by atoms with Crippen molar-refractivity contribution in [3.05, 3.63) is 12.7 Å². The number of unbranched alkanes of at least 4 members (excludes halogenated alkanes) is 4. The van der Waals surface area contributed by atoms with E-state index in [1.165, 1.54) is 14.0 Å². The van der Waals surface area contributed by atoms with Gasteiger partial charge in [-0.05, 0) is 19.3 Å². The molecular formula is C14H24O4. The fourth-order valence-electron chi connectivity index (χ4n) is 1.69. The maximum absolute atomic E-state index is 10.8. The molecule has 0 radical (unpaired) electrons. The van der Waals surface area contributed by atoms with E-state index in [-0.39, 0.29) is 18.0 Å². The number of esters is 2. The van der Waals surface area contributed by atoms with Crippen LogP contribution in [0.2, 0.25) is 0 Å². The van der Waals surface area contributed by atoms with E-state index in [1.54, 1.807) is 6.08 Å². The predicted molar refractivity (Wildman–Crippen MR) is 70.1 cm³/mol. The Balaban J connectivity index is 3.41. The quantitative estimate of drug-likeness (QED) is 0.342. The minimum Gasteiger partial charge on any atom is -0.469 e. The smallest absolute Gasteiger partial charge is 0.305 e. The molecule has 0 bridgehead atoms. The Morgan fingerprint density at radius 2 is 1.78 bits per heavy atom. The normalized spacial score (nSPS) is 11.7. The minimum absolute atomic E-state index is 0.142. The Labute approximate surface area is 109 Å². The molecule has 0 N–H and O–H groups in total. The second-order valence-corrected chi connectivity index (χ2v) is 4.27. The summed E-state index contributed by atoms with van der Waals surface area (Å²) in [6.45, 7) is 5.05. The molecule has 0 spiro atoms. The zero-order valence-corrected chi connectivity index (χ0v) is 11.4. The largest absolute Gasteiger partial charge is 0.469 e. The summed E-state index contributed by atoms with van der Waals surface area (Å²) in [4.78, 5) is 21.6. The van der Waals surface area contributed by atoms with Crippen molar-refractivity contribution in [2.24, 2.45) is 0 Å². The van der Waals surface area contributed by atoms with Crippen LogP contribution < -0.4 is 0 Å². The number of hydrogen-bond acceptors (Lipinski definition) is 4. The van der Waals surface area contributed by atoms with E-state index in [4.69, 9.17) is 4.74 Å². The van der Waals surface area contributed by atoms with Crippen molar-refractivity contribution in [3.63, 3.8) is 0 Å². The van der Waals surface area contributed by atoms with Crippen LogP contribution in [0.1, 0.15) is 51.9 Å². The van der Waals surface area contributed by atoms with Crippen LogP contribution in [-0.2, 0) is 19.1 Å². The Morgan fingerprint density at radius 3 is 2.33 bits per heavy atom. The number of carbonyl (C=O) groups excluding carboxylic acids is 2. The van der Waals surface area contributed by atoms with Crippen molar-refractivity contribution >= 4 is 11.9 Å². The predicted octanol–water partition coefficient (Wildman–Crippen LogP) is 3.01. The lowest BCUT2D eigenvalue weighted by atomic mass is 10.1. The van der Waals surface area contributed by atoms with Gasteiger partial charge in [0.1, 0.15) is 6.10 Å². The number of methoxy groups -OCH3 is 1. The van der Waals surface area contributed by atoms with E-state index < -0.39 is 0 Å². The minimum atomic E-state index is -0.266. The zero-order chi connectivity index (χ0) is 13.8. The van der Waals surface area contributed by atoms with Crippen LogP contribution in [0, 0.1) is 0 Å². The molecule has 4 nitrogen and oxygen atoms in total. The molecule has 0 aromatic carbocycles. The summed E-state index contributed by atoms with van der Waals surface area (Å²) in [6, 6.07) is 0. The number of rotatable bonds is 10. The first kappa shape index (κ1) is 16.7. The molecule has 0 aliphatic heterocycles. The molecule has 0 saturated heterocycles. The van der Waals surface area contributed by atoms with Gasteiger partial charge in [0.25, 0.3) is 0 Å². The Kier molecular flexibility index (Phi) is 10.0. The van der Waals surface area contributed by atoms with Crippen molar-refractivity contribution in [2.45, 2.75) is 58.0 Å². The topological polar surface area (TPSA) is 52.6 Å². The van der Waals surface area contributed by atoms with Gasteiger partial charge < -0.3 is 9.47 Å². The van der Waals surface area contributed by atoms with Gasteiger partial charge in [-0.1, -0.05) is 31.9 Å². The molecule has 0 rings (SSSR count). The van der Waals surface area contributed by atoms with Crippen LogP contribution in [0.3, 0.4) is 0 Å². The van der Waals surface area contributed by atoms with E-state index in [1.807, 2.05) is 0 Å². The Hall–Kier alpha value is -1.32. The summed E-state index contributed by atoms with van der Waals surface area (Å²) in [7, 11) is 1.41. The summed E-state index contributed by atoms with van der Waals surface area (Å²) in [6.07, 6.45) is 7.88. The van der Waals surface area contributed by atoms with Gasteiger partial charge in [-0.3, -0.25) is 9.59 Å². The molecule has 0 aliphatic rings. The van der Waals surface area contributed by atoms with Crippen LogP contribution >= 0.6 is 0 Å². The zero-order valence-electron chi connectivity index (χ0n) is 11.4. The summed E-state index contributed by atoms with van der Waals surface area (Å²) in [5.41, 5.74) is 0. The highest BCUT2D eigenvalue weighted by molar-refractivity contribution is 5.68. The Morgan fingerprint density at radius 1 is 1.17 bits per heavy atom. The second-order valence-electron chi connectivity index (χ2n) is 4.27. The molecule has 0 saturated carbocycles. The van der Waals surface area contributed by atoms with E-state index in [0.29, 0.717) is 6.42 Å². The van der Waals surface area contributed by atoms with Crippen molar-refractivity contribution in [2.75, 3.05) is 7.11 Å². The SMILES string of the molecule is C=C[C@@H](CCCCCCCC(=O)OC)OC(C)=O. The summed E-state index contributed by atoms with van der Waals surface area (Å²) >= 11 is 0. The fourth-order valence-corrected chi connectivity index (χ4v) is 1.69.